The summed E-state index contributed by atoms with van der Waals surface area (Å²) >= 11 is 0. The summed E-state index contributed by atoms with van der Waals surface area (Å²) in [4.78, 5) is 10.3. The van der Waals surface area contributed by atoms with Crippen molar-refractivity contribution in [2.45, 2.75) is 38.7 Å². The summed E-state index contributed by atoms with van der Waals surface area (Å²) in [7, 11) is 0. The Hall–Kier alpha value is -0.830. The lowest BCUT2D eigenvalue weighted by Crippen LogP contribution is -2.09. The van der Waals surface area contributed by atoms with Crippen LogP contribution in [0.2, 0.25) is 0 Å². The van der Waals surface area contributed by atoms with Crippen LogP contribution in [-0.2, 0) is 9.53 Å². The first-order chi connectivity index (χ1) is 6.18. The van der Waals surface area contributed by atoms with Crippen molar-refractivity contribution in [2.75, 3.05) is 6.61 Å². The standard InChI is InChI=1S/C10H16O3/c1-8(6-10(11)12)7-13-9-4-2-3-5-9/h6,9H,2-5,7H2,1H3,(H,11,12). The maximum atomic E-state index is 10.3. The fourth-order valence-corrected chi connectivity index (χ4v) is 1.56. The summed E-state index contributed by atoms with van der Waals surface area (Å²) in [6.45, 7) is 2.24. The Morgan fingerprint density at radius 2 is 2.15 bits per heavy atom. The molecule has 0 heterocycles. The zero-order chi connectivity index (χ0) is 9.68. The van der Waals surface area contributed by atoms with Crippen LogP contribution in [-0.4, -0.2) is 23.8 Å². The van der Waals surface area contributed by atoms with E-state index in [1.54, 1.807) is 6.92 Å². The minimum atomic E-state index is -0.896. The number of rotatable bonds is 4. The first-order valence-corrected chi connectivity index (χ1v) is 4.70. The van der Waals surface area contributed by atoms with Crippen LogP contribution in [0, 0.1) is 0 Å². The third-order valence-electron chi connectivity index (χ3n) is 2.22. The molecule has 0 bridgehead atoms. The molecule has 0 aromatic rings. The smallest absolute Gasteiger partial charge is 0.328 e. The van der Waals surface area contributed by atoms with Crippen molar-refractivity contribution in [1.29, 1.82) is 0 Å². The molecule has 0 atom stereocenters. The van der Waals surface area contributed by atoms with Crippen LogP contribution in [0.3, 0.4) is 0 Å². The fraction of sp³-hybridized carbons (Fsp3) is 0.700. The van der Waals surface area contributed by atoms with E-state index in [1.165, 1.54) is 18.9 Å². The summed E-state index contributed by atoms with van der Waals surface area (Å²) in [5.41, 5.74) is 0.777. The second kappa shape index (κ2) is 5.02. The van der Waals surface area contributed by atoms with Gasteiger partial charge in [-0.05, 0) is 25.3 Å². The van der Waals surface area contributed by atoms with E-state index >= 15 is 0 Å². The average Bonchev–Trinajstić information content (AvgIpc) is 2.51. The van der Waals surface area contributed by atoms with E-state index in [0.29, 0.717) is 12.7 Å². The Balaban J connectivity index is 2.21. The second-order valence-corrected chi connectivity index (χ2v) is 3.55. The maximum absolute atomic E-state index is 10.3. The first-order valence-electron chi connectivity index (χ1n) is 4.70. The van der Waals surface area contributed by atoms with Gasteiger partial charge in [-0.15, -0.1) is 0 Å². The highest BCUT2D eigenvalue weighted by atomic mass is 16.5. The molecular formula is C10H16O3. The molecule has 1 fully saturated rings. The molecule has 0 aromatic heterocycles. The van der Waals surface area contributed by atoms with Crippen LogP contribution in [0.1, 0.15) is 32.6 Å². The number of carbonyl (C=O) groups is 1. The van der Waals surface area contributed by atoms with Gasteiger partial charge in [-0.2, -0.15) is 0 Å². The molecule has 0 aromatic carbocycles. The van der Waals surface area contributed by atoms with Crippen LogP contribution in [0.15, 0.2) is 11.6 Å². The number of carboxylic acid groups (broad SMARTS) is 1. The minimum Gasteiger partial charge on any atom is -0.478 e. The molecule has 1 aliphatic carbocycles. The molecule has 0 saturated heterocycles. The van der Waals surface area contributed by atoms with Crippen LogP contribution < -0.4 is 0 Å². The molecule has 1 saturated carbocycles. The van der Waals surface area contributed by atoms with E-state index in [0.717, 1.165) is 18.4 Å². The van der Waals surface area contributed by atoms with Crippen molar-refractivity contribution in [3.63, 3.8) is 0 Å². The number of ether oxygens (including phenoxy) is 1. The Morgan fingerprint density at radius 1 is 1.54 bits per heavy atom. The molecule has 0 spiro atoms. The van der Waals surface area contributed by atoms with Crippen molar-refractivity contribution in [3.05, 3.63) is 11.6 Å². The van der Waals surface area contributed by atoms with Gasteiger partial charge < -0.3 is 9.84 Å². The molecule has 0 amide bonds. The minimum absolute atomic E-state index is 0.358. The second-order valence-electron chi connectivity index (χ2n) is 3.55. The summed E-state index contributed by atoms with van der Waals surface area (Å²) in [6, 6.07) is 0. The number of hydrogen-bond acceptors (Lipinski definition) is 2. The summed E-state index contributed by atoms with van der Waals surface area (Å²) in [5, 5.41) is 8.44. The van der Waals surface area contributed by atoms with Gasteiger partial charge in [-0.3, -0.25) is 0 Å². The summed E-state index contributed by atoms with van der Waals surface area (Å²) in [5.74, 6) is -0.896. The summed E-state index contributed by atoms with van der Waals surface area (Å²) < 4.78 is 5.53. The highest BCUT2D eigenvalue weighted by Crippen LogP contribution is 2.21. The van der Waals surface area contributed by atoms with Gasteiger partial charge in [0.05, 0.1) is 12.7 Å². The predicted octanol–water partition coefficient (Wildman–Crippen LogP) is 1.98. The highest BCUT2D eigenvalue weighted by Gasteiger charge is 2.14. The van der Waals surface area contributed by atoms with Gasteiger partial charge in [0.15, 0.2) is 0 Å². The Labute approximate surface area is 78.4 Å². The molecular weight excluding hydrogens is 168 g/mol. The molecule has 74 valence electrons. The average molecular weight is 184 g/mol. The van der Waals surface area contributed by atoms with E-state index in [4.69, 9.17) is 9.84 Å². The van der Waals surface area contributed by atoms with Gasteiger partial charge in [0.2, 0.25) is 0 Å². The number of hydrogen-bond donors (Lipinski definition) is 1. The number of aliphatic carboxylic acids is 1. The lowest BCUT2D eigenvalue weighted by Gasteiger charge is -2.10. The van der Waals surface area contributed by atoms with E-state index in [9.17, 15) is 4.79 Å². The molecule has 1 N–H and O–H groups in total. The SMILES string of the molecule is CC(=CC(=O)O)COC1CCCC1. The third kappa shape index (κ3) is 4.08. The Kier molecular flexibility index (Phi) is 3.96. The van der Waals surface area contributed by atoms with Gasteiger partial charge >= 0.3 is 5.97 Å². The molecule has 0 aliphatic heterocycles. The zero-order valence-electron chi connectivity index (χ0n) is 7.95. The molecule has 0 unspecified atom stereocenters. The van der Waals surface area contributed by atoms with Crippen molar-refractivity contribution < 1.29 is 14.6 Å². The van der Waals surface area contributed by atoms with Gasteiger partial charge in [0, 0.05) is 6.08 Å². The fourth-order valence-electron chi connectivity index (χ4n) is 1.56. The molecule has 3 nitrogen and oxygen atoms in total. The lowest BCUT2D eigenvalue weighted by molar-refractivity contribution is -0.131. The monoisotopic (exact) mass is 184 g/mol. The van der Waals surface area contributed by atoms with Crippen molar-refractivity contribution in [2.24, 2.45) is 0 Å². The van der Waals surface area contributed by atoms with Gasteiger partial charge in [0.25, 0.3) is 0 Å². The molecule has 1 rings (SSSR count). The van der Waals surface area contributed by atoms with E-state index in [2.05, 4.69) is 0 Å². The van der Waals surface area contributed by atoms with E-state index < -0.39 is 5.97 Å². The Morgan fingerprint density at radius 3 is 2.69 bits per heavy atom. The number of carboxylic acids is 1. The predicted molar refractivity (Wildman–Crippen MR) is 49.6 cm³/mol. The van der Waals surface area contributed by atoms with Gasteiger partial charge in [-0.25, -0.2) is 4.79 Å². The molecule has 13 heavy (non-hydrogen) atoms. The van der Waals surface area contributed by atoms with E-state index in [-0.39, 0.29) is 0 Å². The van der Waals surface area contributed by atoms with E-state index in [1.807, 2.05) is 0 Å². The van der Waals surface area contributed by atoms with Crippen LogP contribution in [0.4, 0.5) is 0 Å². The molecule has 1 aliphatic rings. The van der Waals surface area contributed by atoms with Crippen molar-refractivity contribution in [3.8, 4) is 0 Å². The topological polar surface area (TPSA) is 46.5 Å². The van der Waals surface area contributed by atoms with Crippen molar-refractivity contribution in [1.82, 2.24) is 0 Å². The largest absolute Gasteiger partial charge is 0.478 e. The zero-order valence-corrected chi connectivity index (χ0v) is 7.95. The van der Waals surface area contributed by atoms with Crippen LogP contribution in [0.25, 0.3) is 0 Å². The quantitative estimate of drug-likeness (QED) is 0.679. The summed E-state index contributed by atoms with van der Waals surface area (Å²) in [6.07, 6.45) is 6.30. The van der Waals surface area contributed by atoms with Gasteiger partial charge in [-0.1, -0.05) is 12.8 Å². The van der Waals surface area contributed by atoms with Gasteiger partial charge in [0.1, 0.15) is 0 Å². The first kappa shape index (κ1) is 10.3. The normalized spacial score (nSPS) is 19.3. The maximum Gasteiger partial charge on any atom is 0.328 e. The van der Waals surface area contributed by atoms with Crippen LogP contribution in [0.5, 0.6) is 0 Å². The molecule has 0 radical (unpaired) electrons. The highest BCUT2D eigenvalue weighted by molar-refractivity contribution is 5.80. The van der Waals surface area contributed by atoms with Crippen molar-refractivity contribution >= 4 is 5.97 Å². The Bertz CT molecular complexity index is 202. The van der Waals surface area contributed by atoms with Crippen LogP contribution >= 0.6 is 0 Å². The molecule has 3 heteroatoms. The lowest BCUT2D eigenvalue weighted by atomic mass is 10.3. The third-order valence-corrected chi connectivity index (χ3v) is 2.22.